The van der Waals surface area contributed by atoms with Gasteiger partial charge in [0.05, 0.1) is 16.8 Å². The lowest BCUT2D eigenvalue weighted by Gasteiger charge is -2.26. The summed E-state index contributed by atoms with van der Waals surface area (Å²) in [5, 5.41) is 0.852. The van der Waals surface area contributed by atoms with E-state index in [1.807, 2.05) is 57.3 Å². The van der Waals surface area contributed by atoms with Crippen LogP contribution in [0.1, 0.15) is 34.1 Å². The number of hydrogen-bond donors (Lipinski definition) is 0. The fraction of sp³-hybridized carbons (Fsp3) is 0.240. The van der Waals surface area contributed by atoms with Crippen molar-refractivity contribution in [1.29, 1.82) is 0 Å². The van der Waals surface area contributed by atoms with Crippen LogP contribution in [-0.4, -0.2) is 43.8 Å². The van der Waals surface area contributed by atoms with Gasteiger partial charge in [0.1, 0.15) is 6.33 Å². The minimum atomic E-state index is -0.0443. The highest BCUT2D eigenvalue weighted by Gasteiger charge is 2.22. The third-order valence-electron chi connectivity index (χ3n) is 5.80. The van der Waals surface area contributed by atoms with Gasteiger partial charge in [0, 0.05) is 54.7 Å². The first kappa shape index (κ1) is 20.6. The molecule has 0 aliphatic heterocycles. The van der Waals surface area contributed by atoms with Crippen LogP contribution in [0.15, 0.2) is 61.3 Å². The molecule has 0 bridgehead atoms. The van der Waals surface area contributed by atoms with E-state index in [-0.39, 0.29) is 11.9 Å². The van der Waals surface area contributed by atoms with Crippen molar-refractivity contribution in [3.63, 3.8) is 0 Å². The molecule has 0 N–H and O–H groups in total. The maximum Gasteiger partial charge on any atom is 0.254 e. The van der Waals surface area contributed by atoms with Crippen molar-refractivity contribution in [2.45, 2.75) is 33.2 Å². The molecule has 0 spiro atoms. The molecule has 6 nitrogen and oxygen atoms in total. The summed E-state index contributed by atoms with van der Waals surface area (Å²) in [7, 11) is 1.84. The number of likely N-dealkylation sites (N-methyl/N-ethyl adjacent to an activating group) is 1. The smallest absolute Gasteiger partial charge is 0.254 e. The largest absolute Gasteiger partial charge is 0.339 e. The van der Waals surface area contributed by atoms with Crippen molar-refractivity contribution in [3.05, 3.63) is 83.7 Å². The van der Waals surface area contributed by atoms with Crippen molar-refractivity contribution in [1.82, 2.24) is 24.8 Å². The lowest BCUT2D eigenvalue weighted by Crippen LogP contribution is -2.36. The van der Waals surface area contributed by atoms with Gasteiger partial charge in [0.25, 0.3) is 5.91 Å². The molecule has 31 heavy (non-hydrogen) atoms. The maximum absolute atomic E-state index is 13.6. The Morgan fingerprint density at radius 2 is 1.87 bits per heavy atom. The SMILES string of the molecule is Cc1ccc2c(C(=O)N(C)[C@H](C)Cc3ccccn3)cc(-c3cncnc3)nc2c1C. The molecule has 3 aromatic heterocycles. The summed E-state index contributed by atoms with van der Waals surface area (Å²) < 4.78 is 0. The fourth-order valence-corrected chi connectivity index (χ4v) is 3.63. The zero-order valence-corrected chi connectivity index (χ0v) is 18.2. The third-order valence-corrected chi connectivity index (χ3v) is 5.80. The van der Waals surface area contributed by atoms with Crippen LogP contribution in [0.4, 0.5) is 0 Å². The number of rotatable bonds is 5. The number of benzene rings is 1. The fourth-order valence-electron chi connectivity index (χ4n) is 3.63. The van der Waals surface area contributed by atoms with E-state index in [0.717, 1.165) is 33.3 Å². The summed E-state index contributed by atoms with van der Waals surface area (Å²) in [4.78, 5) is 32.9. The van der Waals surface area contributed by atoms with Gasteiger partial charge in [-0.05, 0) is 50.1 Å². The number of amides is 1. The normalized spacial score (nSPS) is 12.0. The zero-order chi connectivity index (χ0) is 22.0. The molecule has 0 fully saturated rings. The van der Waals surface area contributed by atoms with Gasteiger partial charge in [-0.3, -0.25) is 9.78 Å². The molecule has 1 aromatic carbocycles. The van der Waals surface area contributed by atoms with E-state index in [4.69, 9.17) is 4.98 Å². The Morgan fingerprint density at radius 3 is 2.58 bits per heavy atom. The molecule has 0 unspecified atom stereocenters. The van der Waals surface area contributed by atoms with Crippen LogP contribution < -0.4 is 0 Å². The molecule has 1 atom stereocenters. The average molecular weight is 412 g/mol. The molecular weight excluding hydrogens is 386 g/mol. The van der Waals surface area contributed by atoms with Crippen molar-refractivity contribution in [2.75, 3.05) is 7.05 Å². The Labute approximate surface area is 182 Å². The Hall–Kier alpha value is -3.67. The van der Waals surface area contributed by atoms with Crippen LogP contribution in [0.2, 0.25) is 0 Å². The van der Waals surface area contributed by atoms with Crippen LogP contribution in [0.5, 0.6) is 0 Å². The predicted molar refractivity (Wildman–Crippen MR) is 122 cm³/mol. The second-order valence-corrected chi connectivity index (χ2v) is 7.88. The number of pyridine rings is 2. The quantitative estimate of drug-likeness (QED) is 0.486. The summed E-state index contributed by atoms with van der Waals surface area (Å²) in [6, 6.07) is 11.7. The number of nitrogens with zero attached hydrogens (tertiary/aromatic N) is 5. The summed E-state index contributed by atoms with van der Waals surface area (Å²) in [6.07, 6.45) is 7.38. The maximum atomic E-state index is 13.6. The van der Waals surface area contributed by atoms with Gasteiger partial charge in [-0.2, -0.15) is 0 Å². The Bertz CT molecular complexity index is 1230. The van der Waals surface area contributed by atoms with Gasteiger partial charge in [-0.15, -0.1) is 0 Å². The summed E-state index contributed by atoms with van der Waals surface area (Å²) in [5.41, 5.74) is 6.09. The Morgan fingerprint density at radius 1 is 1.10 bits per heavy atom. The van der Waals surface area contributed by atoms with Gasteiger partial charge in [-0.1, -0.05) is 18.2 Å². The first-order chi connectivity index (χ1) is 15.0. The standard InChI is InChI=1S/C25H25N5O/c1-16-8-9-21-22(25(31)30(4)17(2)11-20-7-5-6-10-28-20)12-23(29-24(21)18(16)3)19-13-26-15-27-14-19/h5-10,12-15,17H,11H2,1-4H3/t17-/m1/s1. The first-order valence-corrected chi connectivity index (χ1v) is 10.3. The zero-order valence-electron chi connectivity index (χ0n) is 18.2. The molecule has 0 radical (unpaired) electrons. The molecular formula is C25H25N5O. The van der Waals surface area contributed by atoms with Crippen molar-refractivity contribution < 1.29 is 4.79 Å². The Kier molecular flexibility index (Phi) is 5.71. The van der Waals surface area contributed by atoms with E-state index in [0.29, 0.717) is 17.7 Å². The van der Waals surface area contributed by atoms with E-state index in [9.17, 15) is 4.79 Å². The molecule has 0 aliphatic carbocycles. The number of aryl methyl sites for hydroxylation is 2. The molecule has 4 rings (SSSR count). The van der Waals surface area contributed by atoms with Gasteiger partial charge < -0.3 is 4.90 Å². The van der Waals surface area contributed by atoms with Gasteiger partial charge in [0.2, 0.25) is 0 Å². The molecule has 3 heterocycles. The minimum absolute atomic E-state index is 0.0133. The van der Waals surface area contributed by atoms with E-state index in [1.165, 1.54) is 6.33 Å². The first-order valence-electron chi connectivity index (χ1n) is 10.3. The van der Waals surface area contributed by atoms with Crippen LogP contribution >= 0.6 is 0 Å². The molecule has 1 amide bonds. The summed E-state index contributed by atoms with van der Waals surface area (Å²) >= 11 is 0. The molecule has 0 saturated carbocycles. The molecule has 0 aliphatic rings. The topological polar surface area (TPSA) is 71.9 Å². The number of carbonyl (C=O) groups excluding carboxylic acids is 1. The molecule has 6 heteroatoms. The second kappa shape index (κ2) is 8.60. The second-order valence-electron chi connectivity index (χ2n) is 7.88. The molecule has 156 valence electrons. The van der Waals surface area contributed by atoms with E-state index < -0.39 is 0 Å². The van der Waals surface area contributed by atoms with Crippen LogP contribution in [0.25, 0.3) is 22.2 Å². The molecule has 0 saturated heterocycles. The monoisotopic (exact) mass is 411 g/mol. The van der Waals surface area contributed by atoms with Crippen LogP contribution in [0, 0.1) is 13.8 Å². The highest BCUT2D eigenvalue weighted by Crippen LogP contribution is 2.29. The van der Waals surface area contributed by atoms with E-state index in [1.54, 1.807) is 23.5 Å². The Balaban J connectivity index is 1.78. The summed E-state index contributed by atoms with van der Waals surface area (Å²) in [6.45, 7) is 6.13. The van der Waals surface area contributed by atoms with Gasteiger partial charge in [0.15, 0.2) is 0 Å². The number of carbonyl (C=O) groups is 1. The van der Waals surface area contributed by atoms with Crippen LogP contribution in [-0.2, 0) is 6.42 Å². The summed E-state index contributed by atoms with van der Waals surface area (Å²) in [5.74, 6) is -0.0443. The lowest BCUT2D eigenvalue weighted by atomic mass is 9.98. The number of aromatic nitrogens is 4. The van der Waals surface area contributed by atoms with E-state index >= 15 is 0 Å². The average Bonchev–Trinajstić information content (AvgIpc) is 2.81. The van der Waals surface area contributed by atoms with Gasteiger partial charge >= 0.3 is 0 Å². The van der Waals surface area contributed by atoms with Crippen molar-refractivity contribution in [2.24, 2.45) is 0 Å². The highest BCUT2D eigenvalue weighted by molar-refractivity contribution is 6.08. The molecule has 4 aromatic rings. The number of fused-ring (bicyclic) bond motifs is 1. The third kappa shape index (κ3) is 4.14. The van der Waals surface area contributed by atoms with Crippen molar-refractivity contribution >= 4 is 16.8 Å². The highest BCUT2D eigenvalue weighted by atomic mass is 16.2. The van der Waals surface area contributed by atoms with E-state index in [2.05, 4.69) is 21.9 Å². The van der Waals surface area contributed by atoms with Crippen molar-refractivity contribution in [3.8, 4) is 11.3 Å². The minimum Gasteiger partial charge on any atom is -0.339 e. The predicted octanol–water partition coefficient (Wildman–Crippen LogP) is 4.41. The van der Waals surface area contributed by atoms with Crippen LogP contribution in [0.3, 0.4) is 0 Å². The van der Waals surface area contributed by atoms with Gasteiger partial charge in [-0.25, -0.2) is 15.0 Å². The lowest BCUT2D eigenvalue weighted by molar-refractivity contribution is 0.0745. The number of hydrogen-bond acceptors (Lipinski definition) is 5.